The molecule has 0 aliphatic rings. The number of anilines is 1. The van der Waals surface area contributed by atoms with Gasteiger partial charge in [0.2, 0.25) is 0 Å². The Morgan fingerprint density at radius 3 is 2.65 bits per heavy atom. The molecule has 124 valence electrons. The summed E-state index contributed by atoms with van der Waals surface area (Å²) in [7, 11) is 0. The SMILES string of the molecule is CCc1cccc(C)c1NCCCCOc1ccc(Cl)cc1Cl. The predicted octanol–water partition coefficient (Wildman–Crippen LogP) is 6.14. The number of unbranched alkanes of at least 4 members (excludes halogenated alkanes) is 1. The minimum Gasteiger partial charge on any atom is -0.492 e. The van der Waals surface area contributed by atoms with Gasteiger partial charge in [-0.2, -0.15) is 0 Å². The topological polar surface area (TPSA) is 21.3 Å². The number of benzene rings is 2. The van der Waals surface area contributed by atoms with Crippen LogP contribution in [-0.4, -0.2) is 13.2 Å². The van der Waals surface area contributed by atoms with Crippen LogP contribution in [0.5, 0.6) is 5.75 Å². The fourth-order valence-electron chi connectivity index (χ4n) is 2.49. The van der Waals surface area contributed by atoms with Crippen LogP contribution in [0.1, 0.15) is 30.9 Å². The summed E-state index contributed by atoms with van der Waals surface area (Å²) in [6.07, 6.45) is 3.06. The Morgan fingerprint density at radius 1 is 1.09 bits per heavy atom. The molecule has 4 heteroatoms. The Labute approximate surface area is 148 Å². The van der Waals surface area contributed by atoms with Crippen molar-refractivity contribution in [1.82, 2.24) is 0 Å². The summed E-state index contributed by atoms with van der Waals surface area (Å²) >= 11 is 11.9. The van der Waals surface area contributed by atoms with Gasteiger partial charge in [-0.05, 0) is 55.5 Å². The summed E-state index contributed by atoms with van der Waals surface area (Å²) in [6.45, 7) is 5.92. The molecule has 0 saturated heterocycles. The van der Waals surface area contributed by atoms with Gasteiger partial charge in [0, 0.05) is 17.3 Å². The van der Waals surface area contributed by atoms with Crippen molar-refractivity contribution in [2.24, 2.45) is 0 Å². The lowest BCUT2D eigenvalue weighted by atomic mass is 10.1. The first-order chi connectivity index (χ1) is 11.1. The summed E-state index contributed by atoms with van der Waals surface area (Å²) in [5.41, 5.74) is 3.94. The minimum atomic E-state index is 0.558. The van der Waals surface area contributed by atoms with E-state index in [1.54, 1.807) is 12.1 Å². The Kier molecular flexibility index (Phi) is 7.07. The van der Waals surface area contributed by atoms with E-state index < -0.39 is 0 Å². The third-order valence-electron chi connectivity index (χ3n) is 3.76. The van der Waals surface area contributed by atoms with E-state index in [2.05, 4.69) is 37.4 Å². The zero-order valence-electron chi connectivity index (χ0n) is 13.7. The Hall–Kier alpha value is -1.38. The van der Waals surface area contributed by atoms with Crippen molar-refractivity contribution in [2.45, 2.75) is 33.1 Å². The maximum Gasteiger partial charge on any atom is 0.137 e. The van der Waals surface area contributed by atoms with E-state index in [0.29, 0.717) is 22.4 Å². The lowest BCUT2D eigenvalue weighted by molar-refractivity contribution is 0.308. The number of para-hydroxylation sites is 1. The van der Waals surface area contributed by atoms with Crippen LogP contribution in [0, 0.1) is 6.92 Å². The van der Waals surface area contributed by atoms with Crippen LogP contribution in [0.25, 0.3) is 0 Å². The maximum atomic E-state index is 6.08. The number of rotatable bonds is 8. The third kappa shape index (κ3) is 5.33. The first-order valence-corrected chi connectivity index (χ1v) is 8.77. The van der Waals surface area contributed by atoms with Gasteiger partial charge in [-0.3, -0.25) is 0 Å². The molecule has 0 heterocycles. The van der Waals surface area contributed by atoms with Crippen molar-refractivity contribution in [2.75, 3.05) is 18.5 Å². The number of halogens is 2. The van der Waals surface area contributed by atoms with Crippen LogP contribution >= 0.6 is 23.2 Å². The summed E-state index contributed by atoms with van der Waals surface area (Å²) in [6, 6.07) is 11.7. The van der Waals surface area contributed by atoms with Gasteiger partial charge in [0.25, 0.3) is 0 Å². The zero-order chi connectivity index (χ0) is 16.7. The molecule has 0 aliphatic heterocycles. The average Bonchev–Trinajstić information content (AvgIpc) is 2.53. The highest BCUT2D eigenvalue weighted by atomic mass is 35.5. The first-order valence-electron chi connectivity index (χ1n) is 8.02. The molecule has 0 spiro atoms. The molecule has 2 rings (SSSR count). The van der Waals surface area contributed by atoms with Crippen molar-refractivity contribution in [1.29, 1.82) is 0 Å². The molecule has 0 fully saturated rings. The summed E-state index contributed by atoms with van der Waals surface area (Å²) in [5.74, 6) is 0.691. The predicted molar refractivity (Wildman–Crippen MR) is 100 cm³/mol. The largest absolute Gasteiger partial charge is 0.492 e. The van der Waals surface area contributed by atoms with Crippen molar-refractivity contribution in [3.8, 4) is 5.75 Å². The molecule has 0 aromatic heterocycles. The van der Waals surface area contributed by atoms with Gasteiger partial charge in [0.15, 0.2) is 0 Å². The number of ether oxygens (including phenoxy) is 1. The van der Waals surface area contributed by atoms with Crippen molar-refractivity contribution >= 4 is 28.9 Å². The fourth-order valence-corrected chi connectivity index (χ4v) is 2.95. The average molecular weight is 352 g/mol. The van der Waals surface area contributed by atoms with Gasteiger partial charge in [0.1, 0.15) is 5.75 Å². The van der Waals surface area contributed by atoms with Gasteiger partial charge >= 0.3 is 0 Å². The Morgan fingerprint density at radius 2 is 1.91 bits per heavy atom. The molecule has 2 aromatic carbocycles. The van der Waals surface area contributed by atoms with E-state index in [-0.39, 0.29) is 0 Å². The molecular weight excluding hydrogens is 329 g/mol. The quantitative estimate of drug-likeness (QED) is 0.577. The molecule has 2 aromatic rings. The van der Waals surface area contributed by atoms with Crippen LogP contribution in [0.3, 0.4) is 0 Å². The number of hydrogen-bond acceptors (Lipinski definition) is 2. The molecule has 0 unspecified atom stereocenters. The second-order valence-corrected chi connectivity index (χ2v) is 6.36. The maximum absolute atomic E-state index is 6.08. The van der Waals surface area contributed by atoms with Crippen molar-refractivity contribution < 1.29 is 4.74 Å². The second kappa shape index (κ2) is 9.05. The van der Waals surface area contributed by atoms with Crippen LogP contribution in [-0.2, 0) is 6.42 Å². The molecule has 0 radical (unpaired) electrons. The number of hydrogen-bond donors (Lipinski definition) is 1. The normalized spacial score (nSPS) is 10.6. The molecule has 0 bridgehead atoms. The van der Waals surface area contributed by atoms with Crippen LogP contribution < -0.4 is 10.1 Å². The van der Waals surface area contributed by atoms with E-state index >= 15 is 0 Å². The van der Waals surface area contributed by atoms with Crippen LogP contribution in [0.4, 0.5) is 5.69 Å². The monoisotopic (exact) mass is 351 g/mol. The van der Waals surface area contributed by atoms with Crippen molar-refractivity contribution in [3.05, 3.63) is 57.6 Å². The molecular formula is C19H23Cl2NO. The smallest absolute Gasteiger partial charge is 0.137 e. The highest BCUT2D eigenvalue weighted by Crippen LogP contribution is 2.27. The Bertz CT molecular complexity index is 643. The van der Waals surface area contributed by atoms with Gasteiger partial charge < -0.3 is 10.1 Å². The standard InChI is InChI=1S/C19H23Cl2NO/c1-3-15-8-6-7-14(2)19(15)22-11-4-5-12-23-18-10-9-16(20)13-17(18)21/h6-10,13,22H,3-5,11-12H2,1-2H3. The molecule has 23 heavy (non-hydrogen) atoms. The summed E-state index contributed by atoms with van der Waals surface area (Å²) in [5, 5.41) is 4.73. The molecule has 0 aliphatic carbocycles. The molecule has 0 amide bonds. The second-order valence-electron chi connectivity index (χ2n) is 5.52. The van der Waals surface area contributed by atoms with Gasteiger partial charge in [-0.15, -0.1) is 0 Å². The van der Waals surface area contributed by atoms with Crippen LogP contribution in [0.15, 0.2) is 36.4 Å². The van der Waals surface area contributed by atoms with Crippen LogP contribution in [0.2, 0.25) is 10.0 Å². The minimum absolute atomic E-state index is 0.558. The molecule has 0 atom stereocenters. The zero-order valence-corrected chi connectivity index (χ0v) is 15.2. The highest BCUT2D eigenvalue weighted by Gasteiger charge is 2.04. The number of nitrogens with one attached hydrogen (secondary N) is 1. The molecule has 1 N–H and O–H groups in total. The summed E-state index contributed by atoms with van der Waals surface area (Å²) < 4.78 is 5.69. The fraction of sp³-hybridized carbons (Fsp3) is 0.368. The molecule has 2 nitrogen and oxygen atoms in total. The molecule has 0 saturated carbocycles. The summed E-state index contributed by atoms with van der Waals surface area (Å²) in [4.78, 5) is 0. The lowest BCUT2D eigenvalue weighted by Gasteiger charge is -2.14. The lowest BCUT2D eigenvalue weighted by Crippen LogP contribution is -2.07. The third-order valence-corrected chi connectivity index (χ3v) is 4.29. The van der Waals surface area contributed by atoms with E-state index in [1.807, 2.05) is 6.07 Å². The van der Waals surface area contributed by atoms with Crippen molar-refractivity contribution in [3.63, 3.8) is 0 Å². The van der Waals surface area contributed by atoms with E-state index in [0.717, 1.165) is 25.8 Å². The van der Waals surface area contributed by atoms with E-state index in [9.17, 15) is 0 Å². The Balaban J connectivity index is 1.72. The van der Waals surface area contributed by atoms with Gasteiger partial charge in [-0.1, -0.05) is 48.3 Å². The van der Waals surface area contributed by atoms with Gasteiger partial charge in [0.05, 0.1) is 11.6 Å². The van der Waals surface area contributed by atoms with E-state index in [1.165, 1.54) is 16.8 Å². The first kappa shape index (κ1) is 18.0. The van der Waals surface area contributed by atoms with Gasteiger partial charge in [-0.25, -0.2) is 0 Å². The number of aryl methyl sites for hydroxylation is 2. The highest BCUT2D eigenvalue weighted by molar-refractivity contribution is 6.35. The van der Waals surface area contributed by atoms with E-state index in [4.69, 9.17) is 27.9 Å².